The Labute approximate surface area is 240 Å². The van der Waals surface area contributed by atoms with Gasteiger partial charge in [0.1, 0.15) is 0 Å². The number of aromatic nitrogens is 1. The standard InChI is InChI=1S/C32H28BrClN2O3/c1-19-27(24-17-22(33)10-11-26(24)35-28(19)20-6-3-2-4-7-20)29(37)36-32-14-12-31(13-15-32,30(38)39)18-25(32)21-8-5-9-23(34)16-21/h2-11,16-17,25H,12-15,18H2,1H3,(H,36,37)(H,38,39). The van der Waals surface area contributed by atoms with Gasteiger partial charge in [-0.25, -0.2) is 4.98 Å². The second-order valence-corrected chi connectivity index (χ2v) is 12.3. The average Bonchev–Trinajstić information content (AvgIpc) is 2.93. The molecule has 3 aliphatic carbocycles. The fourth-order valence-electron chi connectivity index (χ4n) is 6.78. The zero-order valence-corrected chi connectivity index (χ0v) is 23.8. The van der Waals surface area contributed by atoms with Gasteiger partial charge in [0, 0.05) is 31.9 Å². The molecule has 198 valence electrons. The van der Waals surface area contributed by atoms with Crippen molar-refractivity contribution in [3.8, 4) is 11.3 Å². The Morgan fingerprint density at radius 1 is 1.00 bits per heavy atom. The second kappa shape index (κ2) is 9.76. The smallest absolute Gasteiger partial charge is 0.309 e. The first-order valence-electron chi connectivity index (χ1n) is 13.2. The number of carbonyl (C=O) groups excluding carboxylic acids is 1. The van der Waals surface area contributed by atoms with Gasteiger partial charge in [0.25, 0.3) is 5.91 Å². The van der Waals surface area contributed by atoms with Crippen molar-refractivity contribution in [2.24, 2.45) is 5.41 Å². The summed E-state index contributed by atoms with van der Waals surface area (Å²) in [5.74, 6) is -1.07. The van der Waals surface area contributed by atoms with E-state index in [1.165, 1.54) is 0 Å². The Morgan fingerprint density at radius 2 is 1.74 bits per heavy atom. The van der Waals surface area contributed by atoms with E-state index in [0.717, 1.165) is 37.8 Å². The lowest BCUT2D eigenvalue weighted by atomic mass is 9.51. The molecule has 0 aliphatic heterocycles. The number of hydrogen-bond acceptors (Lipinski definition) is 3. The van der Waals surface area contributed by atoms with Crippen molar-refractivity contribution < 1.29 is 14.7 Å². The number of carboxylic acids is 1. The highest BCUT2D eigenvalue weighted by molar-refractivity contribution is 9.10. The molecule has 1 heterocycles. The molecule has 3 fully saturated rings. The molecule has 3 aliphatic rings. The van der Waals surface area contributed by atoms with E-state index in [0.29, 0.717) is 42.7 Å². The molecule has 2 bridgehead atoms. The summed E-state index contributed by atoms with van der Waals surface area (Å²) in [6.45, 7) is 1.95. The minimum atomic E-state index is -0.774. The van der Waals surface area contributed by atoms with Gasteiger partial charge in [-0.1, -0.05) is 70.0 Å². The summed E-state index contributed by atoms with van der Waals surface area (Å²) >= 11 is 9.94. The quantitative estimate of drug-likeness (QED) is 0.243. The molecule has 5 nitrogen and oxygen atoms in total. The number of pyridine rings is 1. The first-order chi connectivity index (χ1) is 18.7. The van der Waals surface area contributed by atoms with Crippen LogP contribution in [-0.4, -0.2) is 27.5 Å². The van der Waals surface area contributed by atoms with Gasteiger partial charge in [0.15, 0.2) is 0 Å². The summed E-state index contributed by atoms with van der Waals surface area (Å²) < 4.78 is 0.870. The van der Waals surface area contributed by atoms with E-state index in [4.69, 9.17) is 16.6 Å². The summed E-state index contributed by atoms with van der Waals surface area (Å²) in [6.07, 6.45) is 2.74. The lowest BCUT2D eigenvalue weighted by Crippen LogP contribution is -2.62. The van der Waals surface area contributed by atoms with Gasteiger partial charge >= 0.3 is 5.97 Å². The summed E-state index contributed by atoms with van der Waals surface area (Å²) in [5.41, 5.74) is 3.50. The molecule has 0 spiro atoms. The number of nitrogens with one attached hydrogen (secondary N) is 1. The van der Waals surface area contributed by atoms with Crippen LogP contribution in [0.25, 0.3) is 22.2 Å². The highest BCUT2D eigenvalue weighted by Crippen LogP contribution is 2.59. The molecule has 1 aromatic heterocycles. The monoisotopic (exact) mass is 602 g/mol. The average molecular weight is 604 g/mol. The lowest BCUT2D eigenvalue weighted by Gasteiger charge is -2.56. The molecular weight excluding hydrogens is 576 g/mol. The van der Waals surface area contributed by atoms with E-state index in [2.05, 4.69) is 21.2 Å². The SMILES string of the molecule is Cc1c(-c2ccccc2)nc2ccc(Br)cc2c1C(=O)NC12CCC(C(=O)O)(CC1)CC2c1cccc(Cl)c1. The maximum absolute atomic E-state index is 14.4. The lowest BCUT2D eigenvalue weighted by molar-refractivity contribution is -0.157. The van der Waals surface area contributed by atoms with Gasteiger partial charge in [-0.15, -0.1) is 0 Å². The van der Waals surface area contributed by atoms with Gasteiger partial charge in [-0.2, -0.15) is 0 Å². The first-order valence-corrected chi connectivity index (χ1v) is 14.4. The summed E-state index contributed by atoms with van der Waals surface area (Å²) in [4.78, 5) is 31.7. The molecule has 7 rings (SSSR count). The van der Waals surface area contributed by atoms with E-state index < -0.39 is 16.9 Å². The van der Waals surface area contributed by atoms with Gasteiger partial charge in [0.2, 0.25) is 0 Å². The van der Waals surface area contributed by atoms with E-state index in [1.807, 2.05) is 79.7 Å². The Balaban J connectivity index is 1.47. The van der Waals surface area contributed by atoms with Crippen LogP contribution in [0, 0.1) is 12.3 Å². The van der Waals surface area contributed by atoms with E-state index in [1.54, 1.807) is 0 Å². The largest absolute Gasteiger partial charge is 0.481 e. The summed E-state index contributed by atoms with van der Waals surface area (Å²) in [6, 6.07) is 23.3. The zero-order valence-electron chi connectivity index (χ0n) is 21.5. The van der Waals surface area contributed by atoms with Crippen molar-refractivity contribution in [1.29, 1.82) is 0 Å². The fourth-order valence-corrected chi connectivity index (χ4v) is 7.34. The Bertz CT molecular complexity index is 1610. The minimum absolute atomic E-state index is 0.160. The molecule has 7 heteroatoms. The number of aliphatic carboxylic acids is 1. The number of benzene rings is 3. The second-order valence-electron chi connectivity index (χ2n) is 11.0. The molecule has 3 aromatic carbocycles. The van der Waals surface area contributed by atoms with Crippen LogP contribution in [0.5, 0.6) is 0 Å². The van der Waals surface area contributed by atoms with Gasteiger partial charge < -0.3 is 10.4 Å². The van der Waals surface area contributed by atoms with Crippen LogP contribution in [0.3, 0.4) is 0 Å². The topological polar surface area (TPSA) is 79.3 Å². The van der Waals surface area contributed by atoms with Crippen LogP contribution in [0.2, 0.25) is 5.02 Å². The fraction of sp³-hybridized carbons (Fsp3) is 0.281. The maximum atomic E-state index is 14.4. The minimum Gasteiger partial charge on any atom is -0.481 e. The number of carboxylic acid groups (broad SMARTS) is 1. The molecule has 1 amide bonds. The van der Waals surface area contributed by atoms with Crippen molar-refractivity contribution >= 4 is 50.3 Å². The number of fused-ring (bicyclic) bond motifs is 4. The number of halogens is 2. The summed E-state index contributed by atoms with van der Waals surface area (Å²) in [5, 5.41) is 15.0. The van der Waals surface area contributed by atoms with Crippen molar-refractivity contribution in [2.75, 3.05) is 0 Å². The van der Waals surface area contributed by atoms with Crippen molar-refractivity contribution in [2.45, 2.75) is 50.5 Å². The third-order valence-electron chi connectivity index (χ3n) is 8.89. The Morgan fingerprint density at radius 3 is 2.44 bits per heavy atom. The number of hydrogen-bond donors (Lipinski definition) is 2. The molecule has 2 N–H and O–H groups in total. The van der Waals surface area contributed by atoms with Crippen LogP contribution < -0.4 is 5.32 Å². The molecule has 0 saturated heterocycles. The summed E-state index contributed by atoms with van der Waals surface area (Å²) in [7, 11) is 0. The van der Waals surface area contributed by atoms with Crippen molar-refractivity contribution in [3.05, 3.63) is 99.0 Å². The molecule has 3 saturated carbocycles. The Kier molecular flexibility index (Phi) is 6.51. The predicted octanol–water partition coefficient (Wildman–Crippen LogP) is 7.93. The Hall–Kier alpha value is -3.22. The number of amides is 1. The predicted molar refractivity (Wildman–Crippen MR) is 157 cm³/mol. The first kappa shape index (κ1) is 26.0. The number of carbonyl (C=O) groups is 2. The highest BCUT2D eigenvalue weighted by atomic mass is 79.9. The van der Waals surface area contributed by atoms with Crippen molar-refractivity contribution in [3.63, 3.8) is 0 Å². The van der Waals surface area contributed by atoms with Gasteiger partial charge in [0.05, 0.1) is 22.2 Å². The van der Waals surface area contributed by atoms with Crippen molar-refractivity contribution in [1.82, 2.24) is 10.3 Å². The normalized spacial score (nSPS) is 24.0. The molecule has 0 radical (unpaired) electrons. The number of nitrogens with zero attached hydrogens (tertiary/aromatic N) is 1. The third-order valence-corrected chi connectivity index (χ3v) is 9.62. The molecular formula is C32H28BrClN2O3. The highest BCUT2D eigenvalue weighted by Gasteiger charge is 2.58. The van der Waals surface area contributed by atoms with Crippen LogP contribution >= 0.6 is 27.5 Å². The maximum Gasteiger partial charge on any atom is 0.309 e. The molecule has 4 aromatic rings. The molecule has 39 heavy (non-hydrogen) atoms. The van der Waals surface area contributed by atoms with Crippen LogP contribution in [0.15, 0.2) is 77.3 Å². The number of rotatable bonds is 5. The van der Waals surface area contributed by atoms with Crippen LogP contribution in [-0.2, 0) is 4.79 Å². The molecule has 1 unspecified atom stereocenters. The van der Waals surface area contributed by atoms with E-state index >= 15 is 0 Å². The van der Waals surface area contributed by atoms with Crippen LogP contribution in [0.1, 0.15) is 59.5 Å². The van der Waals surface area contributed by atoms with Gasteiger partial charge in [-0.3, -0.25) is 9.59 Å². The molecule has 1 atom stereocenters. The zero-order chi connectivity index (χ0) is 27.4. The van der Waals surface area contributed by atoms with E-state index in [9.17, 15) is 14.7 Å². The van der Waals surface area contributed by atoms with Crippen LogP contribution in [0.4, 0.5) is 0 Å². The van der Waals surface area contributed by atoms with E-state index in [-0.39, 0.29) is 11.8 Å². The third kappa shape index (κ3) is 4.44. The van der Waals surface area contributed by atoms with Gasteiger partial charge in [-0.05, 0) is 80.5 Å².